The van der Waals surface area contributed by atoms with E-state index < -0.39 is 33.8 Å². The summed E-state index contributed by atoms with van der Waals surface area (Å²) in [6, 6.07) is 7.25. The molecular formula is C18H13ClF3N3O3. The highest BCUT2D eigenvalue weighted by Crippen LogP contribution is 2.36. The van der Waals surface area contributed by atoms with Crippen molar-refractivity contribution in [2.45, 2.75) is 19.6 Å². The van der Waals surface area contributed by atoms with E-state index in [4.69, 9.17) is 11.6 Å². The molecule has 28 heavy (non-hydrogen) atoms. The van der Waals surface area contributed by atoms with Crippen molar-refractivity contribution in [1.29, 1.82) is 0 Å². The summed E-state index contributed by atoms with van der Waals surface area (Å²) in [6.07, 6.45) is -4.66. The third-order valence-electron chi connectivity index (χ3n) is 4.08. The van der Waals surface area contributed by atoms with E-state index in [1.54, 1.807) is 6.92 Å². The number of alkyl halides is 3. The monoisotopic (exact) mass is 411 g/mol. The number of nitrogens with zero attached hydrogens (tertiary/aromatic N) is 1. The van der Waals surface area contributed by atoms with Crippen LogP contribution in [-0.2, 0) is 12.7 Å². The molecule has 0 aliphatic rings. The number of rotatable bonds is 3. The summed E-state index contributed by atoms with van der Waals surface area (Å²) in [5.74, 6) is -0.688. The molecule has 2 N–H and O–H groups in total. The maximum Gasteiger partial charge on any atom is 0.417 e. The lowest BCUT2D eigenvalue weighted by molar-refractivity contribution is -0.137. The summed E-state index contributed by atoms with van der Waals surface area (Å²) < 4.78 is 40.1. The van der Waals surface area contributed by atoms with Crippen LogP contribution in [0.1, 0.15) is 22.8 Å². The molecule has 146 valence electrons. The van der Waals surface area contributed by atoms with Gasteiger partial charge in [0.25, 0.3) is 5.91 Å². The van der Waals surface area contributed by atoms with Crippen molar-refractivity contribution < 1.29 is 18.0 Å². The van der Waals surface area contributed by atoms with Crippen molar-refractivity contribution >= 4 is 34.2 Å². The molecule has 2 aromatic carbocycles. The van der Waals surface area contributed by atoms with Crippen LogP contribution in [0, 0.1) is 0 Å². The number of hydrogen-bond donors (Lipinski definition) is 2. The maximum atomic E-state index is 12.9. The van der Waals surface area contributed by atoms with E-state index in [1.807, 2.05) is 0 Å². The zero-order valence-corrected chi connectivity index (χ0v) is 15.1. The van der Waals surface area contributed by atoms with Crippen LogP contribution in [0.5, 0.6) is 0 Å². The number of nitrogens with one attached hydrogen (secondary N) is 2. The first-order valence-electron chi connectivity index (χ1n) is 8.06. The van der Waals surface area contributed by atoms with Gasteiger partial charge >= 0.3 is 17.3 Å². The second-order valence-electron chi connectivity index (χ2n) is 5.88. The van der Waals surface area contributed by atoms with Gasteiger partial charge in [0.05, 0.1) is 21.6 Å². The van der Waals surface area contributed by atoms with Gasteiger partial charge in [-0.3, -0.25) is 14.4 Å². The number of amides is 1. The Morgan fingerprint density at radius 2 is 1.89 bits per heavy atom. The van der Waals surface area contributed by atoms with Crippen LogP contribution < -0.4 is 16.4 Å². The van der Waals surface area contributed by atoms with Crippen LogP contribution in [-0.4, -0.2) is 15.5 Å². The van der Waals surface area contributed by atoms with Crippen LogP contribution in [0.4, 0.5) is 18.9 Å². The predicted octanol–water partition coefficient (Wildman–Crippen LogP) is 3.63. The Morgan fingerprint density at radius 3 is 2.54 bits per heavy atom. The first-order chi connectivity index (χ1) is 13.1. The number of anilines is 1. The lowest BCUT2D eigenvalue weighted by atomic mass is 10.1. The van der Waals surface area contributed by atoms with Crippen LogP contribution in [0.25, 0.3) is 11.0 Å². The van der Waals surface area contributed by atoms with Crippen molar-refractivity contribution in [2.75, 3.05) is 5.32 Å². The maximum absolute atomic E-state index is 12.9. The summed E-state index contributed by atoms with van der Waals surface area (Å²) in [6.45, 7) is 1.95. The van der Waals surface area contributed by atoms with Crippen molar-refractivity contribution in [2.24, 2.45) is 0 Å². The molecule has 0 atom stereocenters. The highest BCUT2D eigenvalue weighted by atomic mass is 35.5. The first kappa shape index (κ1) is 19.7. The molecule has 0 aliphatic carbocycles. The van der Waals surface area contributed by atoms with E-state index in [-0.39, 0.29) is 23.3 Å². The van der Waals surface area contributed by atoms with Crippen molar-refractivity contribution in [3.05, 3.63) is 73.3 Å². The molecule has 3 aromatic rings. The highest BCUT2D eigenvalue weighted by Gasteiger charge is 2.33. The number of carbonyl (C=O) groups is 1. The van der Waals surface area contributed by atoms with Gasteiger partial charge in [0.1, 0.15) is 0 Å². The molecule has 0 bridgehead atoms. The fourth-order valence-corrected chi connectivity index (χ4v) is 2.98. The number of halogens is 4. The minimum absolute atomic E-state index is 0.0890. The molecule has 1 aromatic heterocycles. The molecule has 0 spiro atoms. The Hall–Kier alpha value is -3.07. The molecule has 3 rings (SSSR count). The van der Waals surface area contributed by atoms with E-state index in [2.05, 4.69) is 10.3 Å². The number of aromatic amines is 1. The second-order valence-corrected chi connectivity index (χ2v) is 6.29. The molecule has 0 unspecified atom stereocenters. The lowest BCUT2D eigenvalue weighted by Gasteiger charge is -2.12. The Balaban J connectivity index is 1.98. The summed E-state index contributed by atoms with van der Waals surface area (Å²) in [7, 11) is 0. The van der Waals surface area contributed by atoms with Gasteiger partial charge in [-0.2, -0.15) is 13.2 Å². The van der Waals surface area contributed by atoms with Gasteiger partial charge in [0, 0.05) is 17.8 Å². The number of H-pyrrole nitrogens is 1. The van der Waals surface area contributed by atoms with E-state index in [0.717, 1.165) is 12.1 Å². The fourth-order valence-electron chi connectivity index (χ4n) is 2.76. The predicted molar refractivity (Wildman–Crippen MR) is 98.9 cm³/mol. The summed E-state index contributed by atoms with van der Waals surface area (Å²) in [5, 5.41) is 1.88. The van der Waals surface area contributed by atoms with E-state index in [9.17, 15) is 27.6 Å². The highest BCUT2D eigenvalue weighted by molar-refractivity contribution is 6.31. The molecule has 6 nitrogen and oxygen atoms in total. The standard InChI is InChI=1S/C18H13ClF3N3O3/c1-2-25-14-6-3-9(7-13(14)24-16(27)17(25)28)15(26)23-10-4-5-12(19)11(8-10)18(20,21)22/h3-8H,2H2,1H3,(H,23,26)(H,24,27). The van der Waals surface area contributed by atoms with Crippen LogP contribution in [0.2, 0.25) is 5.02 Å². The third-order valence-corrected chi connectivity index (χ3v) is 4.41. The number of hydrogen-bond acceptors (Lipinski definition) is 3. The van der Waals surface area contributed by atoms with Crippen LogP contribution in [0.15, 0.2) is 46.0 Å². The molecule has 1 amide bonds. The van der Waals surface area contributed by atoms with Crippen LogP contribution in [0.3, 0.4) is 0 Å². The van der Waals surface area contributed by atoms with Crippen molar-refractivity contribution in [1.82, 2.24) is 9.55 Å². The van der Waals surface area contributed by atoms with Gasteiger partial charge in [-0.15, -0.1) is 0 Å². The Morgan fingerprint density at radius 1 is 1.18 bits per heavy atom. The Kier molecular flexibility index (Phi) is 5.03. The zero-order valence-electron chi connectivity index (χ0n) is 14.4. The quantitative estimate of drug-likeness (QED) is 0.645. The molecule has 1 heterocycles. The second kappa shape index (κ2) is 7.16. The first-order valence-corrected chi connectivity index (χ1v) is 8.44. The molecule has 0 saturated heterocycles. The van der Waals surface area contributed by atoms with E-state index in [0.29, 0.717) is 5.52 Å². The molecule has 0 saturated carbocycles. The zero-order chi connectivity index (χ0) is 20.6. The Labute approximate surface area is 160 Å². The van der Waals surface area contributed by atoms with Gasteiger partial charge in [-0.05, 0) is 43.3 Å². The summed E-state index contributed by atoms with van der Waals surface area (Å²) >= 11 is 5.56. The average molecular weight is 412 g/mol. The normalized spacial score (nSPS) is 11.6. The van der Waals surface area contributed by atoms with Crippen LogP contribution >= 0.6 is 11.6 Å². The topological polar surface area (TPSA) is 84.0 Å². The average Bonchev–Trinajstić information content (AvgIpc) is 2.63. The third kappa shape index (κ3) is 3.65. The summed E-state index contributed by atoms with van der Waals surface area (Å²) in [4.78, 5) is 38.4. The fraction of sp³-hybridized carbons (Fsp3) is 0.167. The van der Waals surface area contributed by atoms with Gasteiger partial charge in [-0.1, -0.05) is 11.6 Å². The summed E-state index contributed by atoms with van der Waals surface area (Å²) in [5.41, 5.74) is -1.93. The number of carbonyl (C=O) groups excluding carboxylic acids is 1. The Bertz CT molecular complexity index is 1200. The van der Waals surface area contributed by atoms with E-state index in [1.165, 1.54) is 28.8 Å². The molecule has 0 aliphatic heterocycles. The minimum atomic E-state index is -4.66. The van der Waals surface area contributed by atoms with Gasteiger partial charge in [0.15, 0.2) is 0 Å². The molecule has 0 radical (unpaired) electrons. The molecule has 10 heteroatoms. The van der Waals surface area contributed by atoms with Gasteiger partial charge in [0.2, 0.25) is 0 Å². The largest absolute Gasteiger partial charge is 0.417 e. The molecule has 0 fully saturated rings. The SMILES string of the molecule is CCn1c(=O)c(=O)[nH]c2cc(C(=O)Nc3ccc(Cl)c(C(F)(F)F)c3)ccc21. The molecular weight excluding hydrogens is 399 g/mol. The lowest BCUT2D eigenvalue weighted by Crippen LogP contribution is -2.36. The number of aryl methyl sites for hydroxylation is 1. The smallest absolute Gasteiger partial charge is 0.322 e. The van der Waals surface area contributed by atoms with Crippen molar-refractivity contribution in [3.8, 4) is 0 Å². The van der Waals surface area contributed by atoms with Gasteiger partial charge < -0.3 is 14.9 Å². The number of benzene rings is 2. The van der Waals surface area contributed by atoms with Gasteiger partial charge in [-0.25, -0.2) is 0 Å². The van der Waals surface area contributed by atoms with E-state index >= 15 is 0 Å². The number of aromatic nitrogens is 2. The minimum Gasteiger partial charge on any atom is -0.322 e. The number of fused-ring (bicyclic) bond motifs is 1. The van der Waals surface area contributed by atoms with Crippen molar-refractivity contribution in [3.63, 3.8) is 0 Å².